The molecule has 0 saturated carbocycles. The summed E-state index contributed by atoms with van der Waals surface area (Å²) in [6.07, 6.45) is -2.83. The van der Waals surface area contributed by atoms with E-state index in [1.54, 1.807) is 14.1 Å². The summed E-state index contributed by atoms with van der Waals surface area (Å²) < 4.78 is 37.7. The molecule has 1 unspecified atom stereocenters. The quantitative estimate of drug-likeness (QED) is 0.324. The fraction of sp³-hybridized carbons (Fsp3) is 0.579. The number of guanidine groups is 1. The van der Waals surface area contributed by atoms with Crippen molar-refractivity contribution in [1.29, 1.82) is 0 Å². The molecule has 0 aliphatic carbocycles. The minimum absolute atomic E-state index is 0. The Balaban J connectivity index is 0.00000420. The van der Waals surface area contributed by atoms with Crippen molar-refractivity contribution in [2.75, 3.05) is 46.8 Å². The van der Waals surface area contributed by atoms with Crippen molar-refractivity contribution in [3.05, 3.63) is 35.9 Å². The fourth-order valence-corrected chi connectivity index (χ4v) is 2.95. The van der Waals surface area contributed by atoms with E-state index in [2.05, 4.69) is 15.6 Å². The predicted octanol–water partition coefficient (Wildman–Crippen LogP) is 2.11. The Kier molecular flexibility index (Phi) is 10.7. The molecule has 1 aromatic carbocycles. The molecule has 1 fully saturated rings. The highest BCUT2D eigenvalue weighted by Gasteiger charge is 2.34. The molecular formula is C19H29F3IN5O. The van der Waals surface area contributed by atoms with E-state index in [-0.39, 0.29) is 42.5 Å². The first-order chi connectivity index (χ1) is 13.2. The van der Waals surface area contributed by atoms with Crippen LogP contribution in [0.4, 0.5) is 13.2 Å². The Morgan fingerprint density at radius 1 is 1.28 bits per heavy atom. The van der Waals surface area contributed by atoms with Crippen molar-refractivity contribution in [2.45, 2.75) is 25.1 Å². The van der Waals surface area contributed by atoms with Crippen LogP contribution in [0.3, 0.4) is 0 Å². The highest BCUT2D eigenvalue weighted by molar-refractivity contribution is 14.0. The second-order valence-corrected chi connectivity index (χ2v) is 7.10. The number of nitrogens with zero attached hydrogens (tertiary/aromatic N) is 3. The zero-order valence-corrected chi connectivity index (χ0v) is 19.0. The normalized spacial score (nSPS) is 17.6. The summed E-state index contributed by atoms with van der Waals surface area (Å²) in [4.78, 5) is 18.9. The second-order valence-electron chi connectivity index (χ2n) is 7.10. The maximum absolute atomic E-state index is 12.6. The van der Waals surface area contributed by atoms with E-state index >= 15 is 0 Å². The van der Waals surface area contributed by atoms with E-state index in [0.717, 1.165) is 12.0 Å². The van der Waals surface area contributed by atoms with Gasteiger partial charge in [0.25, 0.3) is 0 Å². The van der Waals surface area contributed by atoms with Gasteiger partial charge in [-0.05, 0) is 18.4 Å². The highest BCUT2D eigenvalue weighted by Crippen LogP contribution is 2.19. The van der Waals surface area contributed by atoms with Gasteiger partial charge in [0.1, 0.15) is 6.54 Å². The van der Waals surface area contributed by atoms with Crippen molar-refractivity contribution >= 4 is 35.8 Å². The number of likely N-dealkylation sites (tertiary alicyclic amines) is 1. The third kappa shape index (κ3) is 10.2. The van der Waals surface area contributed by atoms with Gasteiger partial charge in [-0.25, -0.2) is 4.99 Å². The van der Waals surface area contributed by atoms with Gasteiger partial charge in [0.05, 0.1) is 6.54 Å². The van der Waals surface area contributed by atoms with E-state index in [4.69, 9.17) is 0 Å². The lowest BCUT2D eigenvalue weighted by molar-refractivity contribution is -0.143. The standard InChI is InChI=1S/C19H28F3N5O.HI/c1-26(2)17(28)12-24-18(23-10-8-15-6-4-3-5-7-15)25-16-9-11-27(13-16)14-19(20,21)22;/h3-7,16H,8-14H2,1-2H3,(H2,23,24,25);1H. The summed E-state index contributed by atoms with van der Waals surface area (Å²) in [7, 11) is 3.31. The number of hydrogen-bond acceptors (Lipinski definition) is 3. The number of rotatable bonds is 7. The first kappa shape index (κ1) is 25.5. The van der Waals surface area contributed by atoms with Crippen LogP contribution < -0.4 is 10.6 Å². The topological polar surface area (TPSA) is 60.0 Å². The summed E-state index contributed by atoms with van der Waals surface area (Å²) in [6, 6.07) is 9.78. The van der Waals surface area contributed by atoms with Gasteiger partial charge >= 0.3 is 6.18 Å². The number of alkyl halides is 3. The van der Waals surface area contributed by atoms with Crippen molar-refractivity contribution < 1.29 is 18.0 Å². The van der Waals surface area contributed by atoms with Crippen molar-refractivity contribution in [3.8, 4) is 0 Å². The van der Waals surface area contributed by atoms with Crippen LogP contribution in [-0.2, 0) is 11.2 Å². The molecule has 0 aromatic heterocycles. The summed E-state index contributed by atoms with van der Waals surface area (Å²) in [5, 5.41) is 6.35. The molecule has 6 nitrogen and oxygen atoms in total. The molecule has 29 heavy (non-hydrogen) atoms. The maximum Gasteiger partial charge on any atom is 0.401 e. The fourth-order valence-electron chi connectivity index (χ4n) is 2.95. The summed E-state index contributed by atoms with van der Waals surface area (Å²) in [5.41, 5.74) is 1.16. The molecule has 0 radical (unpaired) electrons. The molecule has 0 bridgehead atoms. The van der Waals surface area contributed by atoms with Gasteiger partial charge in [0, 0.05) is 39.8 Å². The number of amides is 1. The summed E-state index contributed by atoms with van der Waals surface area (Å²) in [6.45, 7) is 0.349. The van der Waals surface area contributed by atoms with Crippen LogP contribution in [0.2, 0.25) is 0 Å². The number of carbonyl (C=O) groups is 1. The largest absolute Gasteiger partial charge is 0.401 e. The number of halogens is 4. The van der Waals surface area contributed by atoms with Crippen molar-refractivity contribution in [1.82, 2.24) is 20.4 Å². The van der Waals surface area contributed by atoms with Gasteiger partial charge < -0.3 is 15.5 Å². The number of likely N-dealkylation sites (N-methyl/N-ethyl adjacent to an activating group) is 1. The Hall–Kier alpha value is -1.56. The SMILES string of the molecule is CN(C)C(=O)CN=C(NCCc1ccccc1)NC1CCN(CC(F)(F)F)C1.I. The molecule has 164 valence electrons. The lowest BCUT2D eigenvalue weighted by Crippen LogP contribution is -2.46. The number of hydrogen-bond donors (Lipinski definition) is 2. The van der Waals surface area contributed by atoms with Crippen LogP contribution in [-0.4, -0.2) is 80.7 Å². The van der Waals surface area contributed by atoms with E-state index in [9.17, 15) is 18.0 Å². The lowest BCUT2D eigenvalue weighted by atomic mass is 10.1. The first-order valence-electron chi connectivity index (χ1n) is 9.31. The average molecular weight is 527 g/mol. The monoisotopic (exact) mass is 527 g/mol. The molecule has 1 aromatic rings. The van der Waals surface area contributed by atoms with Crippen LogP contribution in [0.1, 0.15) is 12.0 Å². The van der Waals surface area contributed by atoms with Crippen molar-refractivity contribution in [3.63, 3.8) is 0 Å². The van der Waals surface area contributed by atoms with Gasteiger partial charge in [-0.3, -0.25) is 9.69 Å². The van der Waals surface area contributed by atoms with Gasteiger partial charge in [0.15, 0.2) is 5.96 Å². The van der Waals surface area contributed by atoms with Gasteiger partial charge in [0.2, 0.25) is 5.91 Å². The lowest BCUT2D eigenvalue weighted by Gasteiger charge is -2.20. The molecular weight excluding hydrogens is 498 g/mol. The van der Waals surface area contributed by atoms with E-state index in [1.165, 1.54) is 9.80 Å². The number of aliphatic imine (C=N–C) groups is 1. The number of benzene rings is 1. The first-order valence-corrected chi connectivity index (χ1v) is 9.31. The molecule has 10 heteroatoms. The molecule has 0 spiro atoms. The Morgan fingerprint density at radius 3 is 2.59 bits per heavy atom. The Morgan fingerprint density at radius 2 is 1.97 bits per heavy atom. The Labute approximate surface area is 186 Å². The number of carbonyl (C=O) groups excluding carboxylic acids is 1. The Bertz CT molecular complexity index is 655. The van der Waals surface area contributed by atoms with Crippen LogP contribution >= 0.6 is 24.0 Å². The van der Waals surface area contributed by atoms with Crippen LogP contribution in [0.25, 0.3) is 0 Å². The van der Waals surface area contributed by atoms with E-state index in [1.807, 2.05) is 30.3 Å². The maximum atomic E-state index is 12.6. The molecule has 1 amide bonds. The van der Waals surface area contributed by atoms with Gasteiger partial charge in [-0.15, -0.1) is 24.0 Å². The summed E-state index contributed by atoms with van der Waals surface area (Å²) >= 11 is 0. The third-order valence-electron chi connectivity index (χ3n) is 4.44. The minimum atomic E-state index is -4.20. The third-order valence-corrected chi connectivity index (χ3v) is 4.44. The number of nitrogens with one attached hydrogen (secondary N) is 2. The molecule has 2 N–H and O–H groups in total. The van der Waals surface area contributed by atoms with E-state index < -0.39 is 12.7 Å². The smallest absolute Gasteiger partial charge is 0.356 e. The molecule has 1 aliphatic heterocycles. The zero-order chi connectivity index (χ0) is 20.6. The average Bonchev–Trinajstić information content (AvgIpc) is 3.05. The molecule has 1 aliphatic rings. The van der Waals surface area contributed by atoms with Crippen LogP contribution in [0.15, 0.2) is 35.3 Å². The molecule has 2 rings (SSSR count). The minimum Gasteiger partial charge on any atom is -0.356 e. The van der Waals surface area contributed by atoms with Crippen LogP contribution in [0, 0.1) is 0 Å². The molecule has 1 atom stereocenters. The van der Waals surface area contributed by atoms with Crippen molar-refractivity contribution in [2.24, 2.45) is 4.99 Å². The van der Waals surface area contributed by atoms with Gasteiger partial charge in [-0.2, -0.15) is 13.2 Å². The van der Waals surface area contributed by atoms with E-state index in [0.29, 0.717) is 32.0 Å². The summed E-state index contributed by atoms with van der Waals surface area (Å²) in [5.74, 6) is 0.305. The zero-order valence-electron chi connectivity index (χ0n) is 16.7. The predicted molar refractivity (Wildman–Crippen MR) is 119 cm³/mol. The molecule has 1 saturated heterocycles. The second kappa shape index (κ2) is 12.2. The highest BCUT2D eigenvalue weighted by atomic mass is 127. The van der Waals surface area contributed by atoms with Crippen LogP contribution in [0.5, 0.6) is 0 Å². The van der Waals surface area contributed by atoms with Gasteiger partial charge in [-0.1, -0.05) is 30.3 Å². The molecule has 1 heterocycles.